The average molecular weight is 228 g/mol. The van der Waals surface area contributed by atoms with E-state index in [1.165, 1.54) is 0 Å². The van der Waals surface area contributed by atoms with Crippen LogP contribution in [0.25, 0.3) is 0 Å². The third-order valence-corrected chi connectivity index (χ3v) is 2.59. The van der Waals surface area contributed by atoms with Crippen molar-refractivity contribution < 1.29 is 4.74 Å². The Bertz CT molecular complexity index is 135. The summed E-state index contributed by atoms with van der Waals surface area (Å²) in [6.07, 6.45) is 1.53. The van der Waals surface area contributed by atoms with Gasteiger partial charge >= 0.3 is 0 Å². The molecule has 0 aromatic carbocycles. The lowest BCUT2D eigenvalue weighted by atomic mass is 10.1. The van der Waals surface area contributed by atoms with Crippen LogP contribution in [0.2, 0.25) is 0 Å². The van der Waals surface area contributed by atoms with Gasteiger partial charge in [-0.15, -0.1) is 24.0 Å². The van der Waals surface area contributed by atoms with E-state index in [1.54, 1.807) is 0 Å². The van der Waals surface area contributed by atoms with Gasteiger partial charge in [0.25, 0.3) is 0 Å². The van der Waals surface area contributed by atoms with E-state index in [4.69, 9.17) is 16.3 Å². The minimum atomic E-state index is 0. The highest BCUT2D eigenvalue weighted by Gasteiger charge is 2.24. The molecule has 0 aliphatic carbocycles. The Morgan fingerprint density at radius 2 is 2.23 bits per heavy atom. The Balaban J connectivity index is 0.00000144. The molecule has 4 heteroatoms. The molecule has 0 bridgehead atoms. The van der Waals surface area contributed by atoms with Crippen LogP contribution in [0.4, 0.5) is 0 Å². The Kier molecular flexibility index (Phi) is 7.15. The summed E-state index contributed by atoms with van der Waals surface area (Å²) in [5.74, 6) is 0.725. The van der Waals surface area contributed by atoms with E-state index in [0.29, 0.717) is 12.1 Å². The second-order valence-electron chi connectivity index (χ2n) is 3.39. The summed E-state index contributed by atoms with van der Waals surface area (Å²) >= 11 is 5.72. The molecule has 1 aliphatic rings. The lowest BCUT2D eigenvalue weighted by molar-refractivity contribution is -0.0533. The van der Waals surface area contributed by atoms with E-state index in [-0.39, 0.29) is 12.4 Å². The highest BCUT2D eigenvalue weighted by Crippen LogP contribution is 2.13. The quantitative estimate of drug-likeness (QED) is 0.686. The van der Waals surface area contributed by atoms with Gasteiger partial charge in [0.1, 0.15) is 0 Å². The number of rotatable bonds is 3. The summed E-state index contributed by atoms with van der Waals surface area (Å²) < 4.78 is 5.57. The number of nitrogens with zero attached hydrogens (tertiary/aromatic N) is 1. The fourth-order valence-corrected chi connectivity index (χ4v) is 1.89. The second-order valence-corrected chi connectivity index (χ2v) is 3.77. The van der Waals surface area contributed by atoms with Gasteiger partial charge in [0.15, 0.2) is 0 Å². The number of hydrogen-bond acceptors (Lipinski definition) is 2. The van der Waals surface area contributed by atoms with Crippen LogP contribution in [0.1, 0.15) is 20.3 Å². The van der Waals surface area contributed by atoms with Gasteiger partial charge in [0.2, 0.25) is 0 Å². The molecule has 2 atom stereocenters. The lowest BCUT2D eigenvalue weighted by Crippen LogP contribution is -2.49. The molecule has 0 radical (unpaired) electrons. The van der Waals surface area contributed by atoms with Gasteiger partial charge < -0.3 is 4.74 Å². The molecule has 0 spiro atoms. The van der Waals surface area contributed by atoms with Crippen LogP contribution >= 0.6 is 24.0 Å². The highest BCUT2D eigenvalue weighted by molar-refractivity contribution is 6.18. The van der Waals surface area contributed by atoms with E-state index in [0.717, 1.165) is 32.0 Å². The molecular formula is C9H19Cl2NO. The molecule has 1 rings (SSSR count). The van der Waals surface area contributed by atoms with Crippen molar-refractivity contribution >= 4 is 24.0 Å². The summed E-state index contributed by atoms with van der Waals surface area (Å²) in [5.41, 5.74) is 0. The smallest absolute Gasteiger partial charge is 0.0674 e. The molecule has 2 nitrogen and oxygen atoms in total. The number of halogens is 2. The molecule has 0 amide bonds. The predicted octanol–water partition coefficient (Wildman–Crippen LogP) is 2.15. The van der Waals surface area contributed by atoms with Crippen molar-refractivity contribution in [2.24, 2.45) is 0 Å². The zero-order valence-corrected chi connectivity index (χ0v) is 9.90. The van der Waals surface area contributed by atoms with Gasteiger partial charge in [0, 0.05) is 25.0 Å². The summed E-state index contributed by atoms with van der Waals surface area (Å²) in [6, 6.07) is 0.583. The Morgan fingerprint density at radius 1 is 1.54 bits per heavy atom. The van der Waals surface area contributed by atoms with Crippen molar-refractivity contribution in [3.8, 4) is 0 Å². The average Bonchev–Trinajstić information content (AvgIpc) is 2.05. The molecule has 1 heterocycles. The summed E-state index contributed by atoms with van der Waals surface area (Å²) in [6.45, 7) is 7.21. The van der Waals surface area contributed by atoms with Crippen LogP contribution in [-0.4, -0.2) is 42.6 Å². The van der Waals surface area contributed by atoms with Gasteiger partial charge in [-0.25, -0.2) is 0 Å². The molecule has 0 N–H and O–H groups in total. The number of alkyl halides is 1. The first-order valence-electron chi connectivity index (χ1n) is 4.69. The molecule has 1 fully saturated rings. The summed E-state index contributed by atoms with van der Waals surface area (Å²) in [7, 11) is 0. The molecular weight excluding hydrogens is 209 g/mol. The Hall–Kier alpha value is 0.500. The van der Waals surface area contributed by atoms with Crippen LogP contribution in [0.3, 0.4) is 0 Å². The first-order valence-corrected chi connectivity index (χ1v) is 5.23. The fraction of sp³-hybridized carbons (Fsp3) is 1.00. The molecule has 13 heavy (non-hydrogen) atoms. The van der Waals surface area contributed by atoms with Gasteiger partial charge in [-0.2, -0.15) is 0 Å². The first kappa shape index (κ1) is 13.5. The standard InChI is InChI=1S/C9H18ClNO.ClH/c1-3-9-7-12-8(2)6-11(9)5-4-10;/h8-9H,3-7H2,1-2H3;1H. The van der Waals surface area contributed by atoms with Gasteiger partial charge in [-0.05, 0) is 13.3 Å². The van der Waals surface area contributed by atoms with Crippen LogP contribution < -0.4 is 0 Å². The van der Waals surface area contributed by atoms with E-state index in [2.05, 4.69) is 18.7 Å². The minimum Gasteiger partial charge on any atom is -0.376 e. The topological polar surface area (TPSA) is 12.5 Å². The largest absolute Gasteiger partial charge is 0.376 e. The summed E-state index contributed by atoms with van der Waals surface area (Å²) in [5, 5.41) is 0. The maximum atomic E-state index is 5.72. The SMILES string of the molecule is CCC1COC(C)CN1CCCl.Cl. The van der Waals surface area contributed by atoms with Crippen LogP contribution in [-0.2, 0) is 4.74 Å². The Morgan fingerprint density at radius 3 is 2.77 bits per heavy atom. The van der Waals surface area contributed by atoms with E-state index in [9.17, 15) is 0 Å². The maximum Gasteiger partial charge on any atom is 0.0674 e. The Labute approximate surface area is 92.0 Å². The molecule has 80 valence electrons. The zero-order valence-electron chi connectivity index (χ0n) is 8.33. The molecule has 2 unspecified atom stereocenters. The van der Waals surface area contributed by atoms with Gasteiger partial charge in [0.05, 0.1) is 12.7 Å². The zero-order chi connectivity index (χ0) is 8.97. The highest BCUT2D eigenvalue weighted by atomic mass is 35.5. The van der Waals surface area contributed by atoms with Crippen molar-refractivity contribution in [3.63, 3.8) is 0 Å². The fourth-order valence-electron chi connectivity index (χ4n) is 1.67. The van der Waals surface area contributed by atoms with Crippen LogP contribution in [0.15, 0.2) is 0 Å². The van der Waals surface area contributed by atoms with Crippen molar-refractivity contribution in [2.45, 2.75) is 32.4 Å². The van der Waals surface area contributed by atoms with E-state index >= 15 is 0 Å². The summed E-state index contributed by atoms with van der Waals surface area (Å²) in [4.78, 5) is 2.43. The van der Waals surface area contributed by atoms with E-state index < -0.39 is 0 Å². The van der Waals surface area contributed by atoms with Crippen molar-refractivity contribution in [3.05, 3.63) is 0 Å². The van der Waals surface area contributed by atoms with E-state index in [1.807, 2.05) is 0 Å². The molecule has 0 saturated carbocycles. The predicted molar refractivity (Wildman–Crippen MR) is 59.0 cm³/mol. The number of ether oxygens (including phenoxy) is 1. The first-order chi connectivity index (χ1) is 5.77. The second kappa shape index (κ2) is 6.88. The lowest BCUT2D eigenvalue weighted by Gasteiger charge is -2.37. The van der Waals surface area contributed by atoms with Gasteiger partial charge in [-0.3, -0.25) is 4.90 Å². The van der Waals surface area contributed by atoms with Crippen molar-refractivity contribution in [1.29, 1.82) is 0 Å². The third-order valence-electron chi connectivity index (χ3n) is 2.42. The monoisotopic (exact) mass is 227 g/mol. The molecule has 1 saturated heterocycles. The normalized spacial score (nSPS) is 29.8. The third kappa shape index (κ3) is 4.03. The van der Waals surface area contributed by atoms with Crippen LogP contribution in [0.5, 0.6) is 0 Å². The minimum absolute atomic E-state index is 0. The van der Waals surface area contributed by atoms with Crippen LogP contribution in [0, 0.1) is 0 Å². The maximum absolute atomic E-state index is 5.72. The van der Waals surface area contributed by atoms with Crippen molar-refractivity contribution in [2.75, 3.05) is 25.6 Å². The molecule has 0 aromatic heterocycles. The number of hydrogen-bond donors (Lipinski definition) is 0. The molecule has 0 aromatic rings. The van der Waals surface area contributed by atoms with Crippen molar-refractivity contribution in [1.82, 2.24) is 4.90 Å². The van der Waals surface area contributed by atoms with Gasteiger partial charge in [-0.1, -0.05) is 6.92 Å². The molecule has 1 aliphatic heterocycles. The number of morpholine rings is 1.